The summed E-state index contributed by atoms with van der Waals surface area (Å²) in [7, 11) is 0. The Kier molecular flexibility index (Phi) is 2.81. The van der Waals surface area contributed by atoms with Crippen molar-refractivity contribution in [2.24, 2.45) is 5.92 Å². The maximum absolute atomic E-state index is 13.9. The van der Waals surface area contributed by atoms with E-state index in [1.807, 2.05) is 0 Å². The minimum atomic E-state index is -0.263. The van der Waals surface area contributed by atoms with Crippen molar-refractivity contribution in [2.45, 2.75) is 31.1 Å². The second-order valence-corrected chi connectivity index (χ2v) is 5.83. The molecule has 0 aromatic heterocycles. The molecule has 1 aromatic rings. The van der Waals surface area contributed by atoms with Crippen LogP contribution in [0.1, 0.15) is 31.2 Å². The van der Waals surface area contributed by atoms with Crippen LogP contribution in [0.5, 0.6) is 0 Å². The highest BCUT2D eigenvalue weighted by Gasteiger charge is 2.46. The SMILES string of the molecule is O=C(NCC1(c2ccc(Cl)cc2F)CC1)C1CC1. The fraction of sp³-hybridized carbons (Fsp3) is 0.500. The minimum Gasteiger partial charge on any atom is -0.355 e. The topological polar surface area (TPSA) is 29.1 Å². The highest BCUT2D eigenvalue weighted by Crippen LogP contribution is 2.49. The van der Waals surface area contributed by atoms with E-state index in [-0.39, 0.29) is 23.1 Å². The third-order valence-corrected chi connectivity index (χ3v) is 4.14. The summed E-state index contributed by atoms with van der Waals surface area (Å²) in [6.45, 7) is 0.543. The lowest BCUT2D eigenvalue weighted by atomic mass is 9.95. The van der Waals surface area contributed by atoms with Crippen LogP contribution in [0.3, 0.4) is 0 Å². The number of carbonyl (C=O) groups excluding carboxylic acids is 1. The van der Waals surface area contributed by atoms with E-state index in [0.717, 1.165) is 25.7 Å². The zero-order valence-electron chi connectivity index (χ0n) is 10.0. The summed E-state index contributed by atoms with van der Waals surface area (Å²) in [5, 5.41) is 3.36. The lowest BCUT2D eigenvalue weighted by molar-refractivity contribution is -0.122. The van der Waals surface area contributed by atoms with Crippen molar-refractivity contribution >= 4 is 17.5 Å². The van der Waals surface area contributed by atoms with Crippen molar-refractivity contribution in [3.63, 3.8) is 0 Å². The standard InChI is InChI=1S/C14H15ClFNO/c15-10-3-4-11(12(16)7-10)14(5-6-14)8-17-13(18)9-1-2-9/h3-4,7,9H,1-2,5-6,8H2,(H,17,18). The Hall–Kier alpha value is -1.09. The van der Waals surface area contributed by atoms with Crippen LogP contribution in [0.2, 0.25) is 5.02 Å². The van der Waals surface area contributed by atoms with E-state index in [1.54, 1.807) is 12.1 Å². The number of hydrogen-bond donors (Lipinski definition) is 1. The highest BCUT2D eigenvalue weighted by atomic mass is 35.5. The van der Waals surface area contributed by atoms with Gasteiger partial charge >= 0.3 is 0 Å². The zero-order valence-corrected chi connectivity index (χ0v) is 10.8. The van der Waals surface area contributed by atoms with Crippen LogP contribution in [0.15, 0.2) is 18.2 Å². The molecule has 2 nitrogen and oxygen atoms in total. The molecular formula is C14H15ClFNO. The maximum atomic E-state index is 13.9. The molecule has 3 rings (SSSR count). The molecule has 0 bridgehead atoms. The van der Waals surface area contributed by atoms with Crippen molar-refractivity contribution in [1.29, 1.82) is 0 Å². The van der Waals surface area contributed by atoms with E-state index < -0.39 is 0 Å². The van der Waals surface area contributed by atoms with Gasteiger partial charge in [-0.25, -0.2) is 4.39 Å². The van der Waals surface area contributed by atoms with Crippen molar-refractivity contribution in [3.05, 3.63) is 34.6 Å². The van der Waals surface area contributed by atoms with Gasteiger partial charge in [0.25, 0.3) is 0 Å². The van der Waals surface area contributed by atoms with Crippen LogP contribution in [-0.2, 0) is 10.2 Å². The van der Waals surface area contributed by atoms with E-state index in [2.05, 4.69) is 5.32 Å². The third-order valence-electron chi connectivity index (χ3n) is 3.91. The average molecular weight is 268 g/mol. The van der Waals surface area contributed by atoms with Crippen molar-refractivity contribution in [2.75, 3.05) is 6.54 Å². The Balaban J connectivity index is 1.71. The predicted octanol–water partition coefficient (Wildman–Crippen LogP) is 3.04. The maximum Gasteiger partial charge on any atom is 0.223 e. The quantitative estimate of drug-likeness (QED) is 0.893. The van der Waals surface area contributed by atoms with Gasteiger partial charge in [0.05, 0.1) is 0 Å². The molecule has 2 aliphatic carbocycles. The van der Waals surface area contributed by atoms with Gasteiger partial charge < -0.3 is 5.32 Å². The van der Waals surface area contributed by atoms with Crippen LogP contribution >= 0.6 is 11.6 Å². The number of rotatable bonds is 4. The Morgan fingerprint density at radius 2 is 2.17 bits per heavy atom. The van der Waals surface area contributed by atoms with Crippen LogP contribution < -0.4 is 5.32 Å². The fourth-order valence-corrected chi connectivity index (χ4v) is 2.52. The van der Waals surface area contributed by atoms with Crippen molar-refractivity contribution < 1.29 is 9.18 Å². The van der Waals surface area contributed by atoms with Crippen LogP contribution in [0.4, 0.5) is 4.39 Å². The molecule has 1 N–H and O–H groups in total. The van der Waals surface area contributed by atoms with E-state index in [1.165, 1.54) is 6.07 Å². The Labute approximate surface area is 111 Å². The predicted molar refractivity (Wildman–Crippen MR) is 68.1 cm³/mol. The fourth-order valence-electron chi connectivity index (χ4n) is 2.36. The molecule has 2 aliphatic rings. The summed E-state index contributed by atoms with van der Waals surface area (Å²) < 4.78 is 13.9. The highest BCUT2D eigenvalue weighted by molar-refractivity contribution is 6.30. The van der Waals surface area contributed by atoms with E-state index >= 15 is 0 Å². The largest absolute Gasteiger partial charge is 0.355 e. The summed E-state index contributed by atoms with van der Waals surface area (Å²) in [5.41, 5.74) is 0.488. The first-order valence-corrected chi connectivity index (χ1v) is 6.72. The molecule has 0 heterocycles. The van der Waals surface area contributed by atoms with Crippen molar-refractivity contribution in [1.82, 2.24) is 5.32 Å². The van der Waals surface area contributed by atoms with Gasteiger partial charge in [0, 0.05) is 22.9 Å². The van der Waals surface area contributed by atoms with E-state index in [9.17, 15) is 9.18 Å². The smallest absolute Gasteiger partial charge is 0.223 e. The molecular weight excluding hydrogens is 253 g/mol. The summed E-state index contributed by atoms with van der Waals surface area (Å²) >= 11 is 5.76. The van der Waals surface area contributed by atoms with Crippen molar-refractivity contribution in [3.8, 4) is 0 Å². The molecule has 4 heteroatoms. The first-order chi connectivity index (χ1) is 8.61. The molecule has 0 atom stereocenters. The molecule has 0 spiro atoms. The number of benzene rings is 1. The summed E-state index contributed by atoms with van der Waals surface area (Å²) in [6, 6.07) is 4.80. The monoisotopic (exact) mass is 267 g/mol. The molecule has 2 fully saturated rings. The van der Waals surface area contributed by atoms with Gasteiger partial charge in [-0.2, -0.15) is 0 Å². The molecule has 0 radical (unpaired) electrons. The third kappa shape index (κ3) is 2.24. The van der Waals surface area contributed by atoms with Gasteiger partial charge in [0.1, 0.15) is 5.82 Å². The number of halogens is 2. The number of carbonyl (C=O) groups is 1. The summed E-state index contributed by atoms with van der Waals surface area (Å²) in [5.74, 6) is 0.0622. The average Bonchev–Trinajstić information content (AvgIpc) is 3.20. The first-order valence-electron chi connectivity index (χ1n) is 6.34. The number of amides is 1. The molecule has 18 heavy (non-hydrogen) atoms. The van der Waals surface area contributed by atoms with Crippen LogP contribution in [-0.4, -0.2) is 12.5 Å². The lowest BCUT2D eigenvalue weighted by Gasteiger charge is -2.17. The normalized spacial score (nSPS) is 20.6. The Morgan fingerprint density at radius 3 is 2.72 bits per heavy atom. The Morgan fingerprint density at radius 1 is 1.44 bits per heavy atom. The molecule has 0 unspecified atom stereocenters. The molecule has 96 valence electrons. The molecule has 1 amide bonds. The van der Waals surface area contributed by atoms with Gasteiger partial charge in [-0.3, -0.25) is 4.79 Å². The van der Waals surface area contributed by atoms with Crippen LogP contribution in [0, 0.1) is 11.7 Å². The van der Waals surface area contributed by atoms with Crippen LogP contribution in [0.25, 0.3) is 0 Å². The number of nitrogens with one attached hydrogen (secondary N) is 1. The molecule has 1 aromatic carbocycles. The van der Waals surface area contributed by atoms with Gasteiger partial charge in [0.2, 0.25) is 5.91 Å². The van der Waals surface area contributed by atoms with Gasteiger partial charge in [-0.05, 0) is 43.4 Å². The zero-order chi connectivity index (χ0) is 12.8. The van der Waals surface area contributed by atoms with E-state index in [0.29, 0.717) is 17.1 Å². The van der Waals surface area contributed by atoms with Gasteiger partial charge in [-0.15, -0.1) is 0 Å². The van der Waals surface area contributed by atoms with Gasteiger partial charge in [-0.1, -0.05) is 17.7 Å². The Bertz CT molecular complexity index is 495. The molecule has 0 aliphatic heterocycles. The second kappa shape index (κ2) is 4.23. The first kappa shape index (κ1) is 12.0. The second-order valence-electron chi connectivity index (χ2n) is 5.40. The van der Waals surface area contributed by atoms with E-state index in [4.69, 9.17) is 11.6 Å². The van der Waals surface area contributed by atoms with Gasteiger partial charge in [0.15, 0.2) is 0 Å². The summed E-state index contributed by atoms with van der Waals surface area (Å²) in [6.07, 6.45) is 3.84. The lowest BCUT2D eigenvalue weighted by Crippen LogP contribution is -2.33. The number of hydrogen-bond acceptors (Lipinski definition) is 1. The molecule has 0 saturated heterocycles. The summed E-state index contributed by atoms with van der Waals surface area (Å²) in [4.78, 5) is 11.6. The molecule has 2 saturated carbocycles. The minimum absolute atomic E-state index is 0.121.